The van der Waals surface area contributed by atoms with E-state index in [2.05, 4.69) is 20.8 Å². The summed E-state index contributed by atoms with van der Waals surface area (Å²) < 4.78 is 32.6. The van der Waals surface area contributed by atoms with Crippen molar-refractivity contribution in [1.29, 1.82) is 0 Å². The highest BCUT2D eigenvalue weighted by molar-refractivity contribution is 5.15. The highest BCUT2D eigenvalue weighted by Crippen LogP contribution is 2.38. The van der Waals surface area contributed by atoms with Gasteiger partial charge < -0.3 is 28.8 Å². The Morgan fingerprint density at radius 3 is 1.81 bits per heavy atom. The van der Waals surface area contributed by atoms with E-state index in [1.165, 1.54) is 6.42 Å². The molecule has 1 saturated heterocycles. The molecule has 3 unspecified atom stereocenters. The molecule has 0 aromatic heterocycles. The van der Waals surface area contributed by atoms with Gasteiger partial charge in [0.05, 0.1) is 32.5 Å². The summed E-state index contributed by atoms with van der Waals surface area (Å²) in [5.41, 5.74) is 3.18. The van der Waals surface area contributed by atoms with Crippen molar-refractivity contribution in [2.45, 2.75) is 96.7 Å². The Balaban J connectivity index is 1.40. The first-order valence-corrected chi connectivity index (χ1v) is 15.9. The lowest BCUT2D eigenvalue weighted by atomic mass is 9.75. The monoisotopic (exact) mass is 588 g/mol. The van der Waals surface area contributed by atoms with Gasteiger partial charge in [-0.3, -0.25) is 0 Å². The fourth-order valence-corrected chi connectivity index (χ4v) is 6.44. The van der Waals surface area contributed by atoms with Crippen LogP contribution < -0.4 is 0 Å². The van der Waals surface area contributed by atoms with E-state index < -0.39 is 30.7 Å². The SMILES string of the molecule is CC1CCC(C(C)C)C(O[C@@H]2[C@@H](OCc3ccccc3)[C@H](OCc3ccccc3)[C@@H](COCc3ccccc3)O[C@@H]2O)C1. The second kappa shape index (κ2) is 15.9. The number of benzene rings is 3. The van der Waals surface area contributed by atoms with Crippen LogP contribution in [0.1, 0.15) is 56.7 Å². The molecule has 2 aliphatic rings. The number of ether oxygens (including phenoxy) is 5. The first-order valence-electron chi connectivity index (χ1n) is 15.9. The number of aliphatic hydroxyl groups excluding tert-OH is 1. The molecule has 2 fully saturated rings. The molecule has 1 heterocycles. The predicted octanol–water partition coefficient (Wildman–Crippen LogP) is 6.94. The quantitative estimate of drug-likeness (QED) is 0.233. The van der Waals surface area contributed by atoms with Gasteiger partial charge in [-0.15, -0.1) is 0 Å². The Bertz CT molecular complexity index is 1190. The van der Waals surface area contributed by atoms with Gasteiger partial charge in [-0.25, -0.2) is 0 Å². The van der Waals surface area contributed by atoms with Gasteiger partial charge in [-0.2, -0.15) is 0 Å². The standard InChI is InChI=1S/C37H48O6/c1-26(2)31-20-19-27(3)21-32(31)42-36-35(41-24-30-17-11-6-12-18-30)34(40-23-29-15-9-5-10-16-29)33(43-37(36)38)25-39-22-28-13-7-4-8-14-28/h4-18,26-27,31-38H,19-25H2,1-3H3/t27?,31?,32?,33-,34-,35+,36-,37+/m1/s1. The average Bonchev–Trinajstić information content (AvgIpc) is 3.02. The van der Waals surface area contributed by atoms with Crippen LogP contribution in [0, 0.1) is 17.8 Å². The molecule has 0 radical (unpaired) electrons. The van der Waals surface area contributed by atoms with Gasteiger partial charge in [0.2, 0.25) is 0 Å². The maximum absolute atomic E-state index is 11.5. The van der Waals surface area contributed by atoms with E-state index in [0.717, 1.165) is 29.5 Å². The smallest absolute Gasteiger partial charge is 0.184 e. The zero-order chi connectivity index (χ0) is 30.0. The minimum Gasteiger partial charge on any atom is -0.374 e. The van der Waals surface area contributed by atoms with Crippen LogP contribution in [0.15, 0.2) is 91.0 Å². The number of hydrogen-bond donors (Lipinski definition) is 1. The summed E-state index contributed by atoms with van der Waals surface area (Å²) in [6.45, 7) is 8.25. The van der Waals surface area contributed by atoms with Crippen LogP contribution in [-0.2, 0) is 43.5 Å². The highest BCUT2D eigenvalue weighted by Gasteiger charge is 2.49. The molecule has 1 saturated carbocycles. The molecule has 1 aliphatic heterocycles. The van der Waals surface area contributed by atoms with Crippen molar-refractivity contribution in [2.75, 3.05) is 6.61 Å². The summed E-state index contributed by atoms with van der Waals surface area (Å²) in [7, 11) is 0. The van der Waals surface area contributed by atoms with Crippen molar-refractivity contribution < 1.29 is 28.8 Å². The van der Waals surface area contributed by atoms with Crippen molar-refractivity contribution in [1.82, 2.24) is 0 Å². The molecular weight excluding hydrogens is 540 g/mol. The first kappa shape index (κ1) is 31.8. The van der Waals surface area contributed by atoms with Crippen LogP contribution in [-0.4, -0.2) is 48.5 Å². The molecule has 5 rings (SSSR count). The molecule has 43 heavy (non-hydrogen) atoms. The summed E-state index contributed by atoms with van der Waals surface area (Å²) in [6.07, 6.45) is -0.230. The summed E-state index contributed by atoms with van der Waals surface area (Å²) >= 11 is 0. The lowest BCUT2D eigenvalue weighted by molar-refractivity contribution is -0.326. The minimum atomic E-state index is -1.17. The number of aliphatic hydroxyl groups is 1. The lowest BCUT2D eigenvalue weighted by Gasteiger charge is -2.47. The van der Waals surface area contributed by atoms with Crippen molar-refractivity contribution in [3.8, 4) is 0 Å². The molecule has 6 nitrogen and oxygen atoms in total. The fourth-order valence-electron chi connectivity index (χ4n) is 6.44. The van der Waals surface area contributed by atoms with Gasteiger partial charge in [-0.05, 0) is 47.3 Å². The van der Waals surface area contributed by atoms with Gasteiger partial charge in [0.15, 0.2) is 6.29 Å². The normalized spacial score (nSPS) is 29.5. The molecule has 1 aliphatic carbocycles. The first-order chi connectivity index (χ1) is 21.0. The Hall–Kier alpha value is -2.58. The number of rotatable bonds is 13. The number of hydrogen-bond acceptors (Lipinski definition) is 6. The third kappa shape index (κ3) is 8.98. The van der Waals surface area contributed by atoms with Gasteiger partial charge in [0.1, 0.15) is 24.4 Å². The summed E-state index contributed by atoms with van der Waals surface area (Å²) in [5.74, 6) is 1.45. The van der Waals surface area contributed by atoms with Crippen LogP contribution in [0.4, 0.5) is 0 Å². The second-order valence-electron chi connectivity index (χ2n) is 12.6. The van der Waals surface area contributed by atoms with Crippen LogP contribution >= 0.6 is 0 Å². The van der Waals surface area contributed by atoms with E-state index in [0.29, 0.717) is 37.6 Å². The molecule has 8 atom stereocenters. The van der Waals surface area contributed by atoms with Crippen molar-refractivity contribution >= 4 is 0 Å². The van der Waals surface area contributed by atoms with Crippen LogP contribution in [0.25, 0.3) is 0 Å². The van der Waals surface area contributed by atoms with E-state index in [1.54, 1.807) is 0 Å². The second-order valence-corrected chi connectivity index (χ2v) is 12.6. The van der Waals surface area contributed by atoms with Crippen LogP contribution in [0.3, 0.4) is 0 Å². The van der Waals surface area contributed by atoms with E-state index in [-0.39, 0.29) is 12.7 Å². The minimum absolute atomic E-state index is 0.00970. The molecular formula is C37H48O6. The van der Waals surface area contributed by atoms with Crippen LogP contribution in [0.5, 0.6) is 0 Å². The van der Waals surface area contributed by atoms with E-state index >= 15 is 0 Å². The van der Waals surface area contributed by atoms with Gasteiger partial charge in [-0.1, -0.05) is 118 Å². The van der Waals surface area contributed by atoms with Crippen molar-refractivity contribution in [2.24, 2.45) is 17.8 Å². The molecule has 0 bridgehead atoms. The maximum Gasteiger partial charge on any atom is 0.184 e. The largest absolute Gasteiger partial charge is 0.374 e. The van der Waals surface area contributed by atoms with Gasteiger partial charge in [0.25, 0.3) is 0 Å². The van der Waals surface area contributed by atoms with Gasteiger partial charge >= 0.3 is 0 Å². The molecule has 0 spiro atoms. The predicted molar refractivity (Wildman–Crippen MR) is 167 cm³/mol. The third-order valence-corrected chi connectivity index (χ3v) is 8.87. The molecule has 6 heteroatoms. The van der Waals surface area contributed by atoms with E-state index in [4.69, 9.17) is 23.7 Å². The van der Waals surface area contributed by atoms with Crippen molar-refractivity contribution in [3.05, 3.63) is 108 Å². The third-order valence-electron chi connectivity index (χ3n) is 8.87. The summed E-state index contributed by atoms with van der Waals surface area (Å²) in [5, 5.41) is 11.5. The highest BCUT2D eigenvalue weighted by atomic mass is 16.7. The van der Waals surface area contributed by atoms with Gasteiger partial charge in [0, 0.05) is 0 Å². The molecule has 1 N–H and O–H groups in total. The Morgan fingerprint density at radius 1 is 0.721 bits per heavy atom. The average molecular weight is 589 g/mol. The molecule has 0 amide bonds. The molecule has 3 aromatic rings. The van der Waals surface area contributed by atoms with E-state index in [9.17, 15) is 5.11 Å². The summed E-state index contributed by atoms with van der Waals surface area (Å²) in [6, 6.07) is 30.2. The summed E-state index contributed by atoms with van der Waals surface area (Å²) in [4.78, 5) is 0. The van der Waals surface area contributed by atoms with Crippen LogP contribution in [0.2, 0.25) is 0 Å². The Labute approximate surface area is 257 Å². The fraction of sp³-hybridized carbons (Fsp3) is 0.514. The molecule has 232 valence electrons. The Kier molecular flexibility index (Phi) is 11.8. The Morgan fingerprint density at radius 2 is 1.26 bits per heavy atom. The maximum atomic E-state index is 11.5. The zero-order valence-electron chi connectivity index (χ0n) is 25.8. The lowest BCUT2D eigenvalue weighted by Crippen LogP contribution is -2.62. The van der Waals surface area contributed by atoms with E-state index in [1.807, 2.05) is 91.0 Å². The van der Waals surface area contributed by atoms with Crippen molar-refractivity contribution in [3.63, 3.8) is 0 Å². The zero-order valence-corrected chi connectivity index (χ0v) is 25.8. The molecule has 3 aromatic carbocycles. The topological polar surface area (TPSA) is 66.4 Å².